The van der Waals surface area contributed by atoms with E-state index in [2.05, 4.69) is 19.9 Å². The third-order valence-corrected chi connectivity index (χ3v) is 14.1. The fraction of sp³-hybridized carbons (Fsp3) is 0.500. The highest BCUT2D eigenvalue weighted by Gasteiger charge is 2.58. The van der Waals surface area contributed by atoms with Crippen LogP contribution in [0.15, 0.2) is 81.9 Å². The van der Waals surface area contributed by atoms with Gasteiger partial charge < -0.3 is 14.9 Å². The maximum absolute atomic E-state index is 14.2. The molecule has 2 N–H and O–H groups in total. The Morgan fingerprint density at radius 2 is 1.87 bits per heavy atom. The van der Waals surface area contributed by atoms with Gasteiger partial charge in [-0.15, -0.1) is 11.3 Å². The van der Waals surface area contributed by atoms with Crippen LogP contribution in [0.1, 0.15) is 98.2 Å². The number of ketones is 1. The molecule has 0 radical (unpaired) electrons. The molecule has 3 aromatic rings. The number of aliphatic hydroxyl groups excluding tert-OH is 1. The molecule has 0 amide bonds. The lowest BCUT2D eigenvalue weighted by Crippen LogP contribution is -2.54. The van der Waals surface area contributed by atoms with Gasteiger partial charge in [0.25, 0.3) is 10.0 Å². The summed E-state index contributed by atoms with van der Waals surface area (Å²) in [4.78, 5) is 14.2. The van der Waals surface area contributed by atoms with E-state index in [0.717, 1.165) is 30.4 Å². The topological polar surface area (TPSA) is 104 Å². The van der Waals surface area contributed by atoms with E-state index in [9.17, 15) is 23.4 Å². The van der Waals surface area contributed by atoms with Crippen molar-refractivity contribution in [2.45, 2.75) is 99.6 Å². The first-order valence-electron chi connectivity index (χ1n) is 16.9. The Balaban J connectivity index is 1.44. The van der Waals surface area contributed by atoms with Crippen molar-refractivity contribution in [3.8, 4) is 0 Å². The predicted octanol–water partition coefficient (Wildman–Crippen LogP) is 6.89. The number of carbonyl (C=O) groups is 1. The van der Waals surface area contributed by atoms with Gasteiger partial charge in [0.2, 0.25) is 0 Å². The van der Waals surface area contributed by atoms with Crippen LogP contribution in [-0.2, 0) is 21.2 Å². The lowest BCUT2D eigenvalue weighted by atomic mass is 9.64. The number of hydrogen-bond acceptors (Lipinski definition) is 7. The van der Waals surface area contributed by atoms with E-state index in [1.54, 1.807) is 17.5 Å². The number of nitrogens with zero attached hydrogens (tertiary/aromatic N) is 1. The minimum absolute atomic E-state index is 0.0466. The average molecular weight is 678 g/mol. The number of allylic oxidation sites excluding steroid dienone is 2. The van der Waals surface area contributed by atoms with Gasteiger partial charge in [0.05, 0.1) is 17.8 Å². The van der Waals surface area contributed by atoms with E-state index in [-0.39, 0.29) is 35.1 Å². The van der Waals surface area contributed by atoms with E-state index in [1.807, 2.05) is 48.5 Å². The maximum atomic E-state index is 14.2. The molecule has 0 spiro atoms. The van der Waals surface area contributed by atoms with Gasteiger partial charge in [-0.05, 0) is 99.3 Å². The van der Waals surface area contributed by atoms with E-state index in [1.165, 1.54) is 21.2 Å². The highest BCUT2D eigenvalue weighted by atomic mass is 32.2. The Kier molecular flexibility index (Phi) is 10.2. The molecule has 2 heterocycles. The van der Waals surface area contributed by atoms with E-state index in [4.69, 9.17) is 4.74 Å². The Morgan fingerprint density at radius 3 is 2.60 bits per heavy atom. The number of hydrogen-bond donors (Lipinski definition) is 2. The lowest BCUT2D eigenvalue weighted by molar-refractivity contribution is -0.0754. The molecule has 0 unspecified atom stereocenters. The van der Waals surface area contributed by atoms with Gasteiger partial charge in [0.15, 0.2) is 5.78 Å². The molecule has 252 valence electrons. The monoisotopic (exact) mass is 677 g/mol. The van der Waals surface area contributed by atoms with Gasteiger partial charge in [0.1, 0.15) is 4.21 Å². The average Bonchev–Trinajstić information content (AvgIpc) is 3.83. The van der Waals surface area contributed by atoms with Gasteiger partial charge >= 0.3 is 0 Å². The number of sulfonamides is 1. The number of rotatable bonds is 8. The van der Waals surface area contributed by atoms with Crippen LogP contribution in [0.4, 0.5) is 0 Å². The molecule has 1 aromatic heterocycles. The zero-order valence-electron chi connectivity index (χ0n) is 27.4. The van der Waals surface area contributed by atoms with Crippen molar-refractivity contribution in [3.63, 3.8) is 0 Å². The van der Waals surface area contributed by atoms with Gasteiger partial charge in [-0.2, -0.15) is 4.31 Å². The summed E-state index contributed by atoms with van der Waals surface area (Å²) < 4.78 is 35.9. The molecule has 1 saturated heterocycles. The molecule has 2 aromatic carbocycles. The molecular formula is C38H47NO6S2. The SMILES string of the molecule is CC1=CCC[C@@]2(C)[C@@H](CC[C@@]2(O)CN(C[C@H]2CCCO2)S(=O)(=O)c2cccs2)c2ccc(cc2C(=O)c2ccccc2)C[C@@H](O)CC1. The number of ether oxygens (including phenoxy) is 1. The van der Waals surface area contributed by atoms with Crippen LogP contribution in [0.25, 0.3) is 0 Å². The lowest BCUT2D eigenvalue weighted by Gasteiger charge is -2.46. The maximum Gasteiger partial charge on any atom is 0.252 e. The molecule has 2 fully saturated rings. The highest BCUT2D eigenvalue weighted by molar-refractivity contribution is 7.91. The Morgan fingerprint density at radius 1 is 1.06 bits per heavy atom. The quantitative estimate of drug-likeness (QED) is 0.199. The van der Waals surface area contributed by atoms with Crippen molar-refractivity contribution in [3.05, 3.63) is 99.9 Å². The largest absolute Gasteiger partial charge is 0.393 e. The van der Waals surface area contributed by atoms with Crippen LogP contribution < -0.4 is 0 Å². The van der Waals surface area contributed by atoms with Crippen molar-refractivity contribution < 1.29 is 28.2 Å². The van der Waals surface area contributed by atoms with Crippen molar-refractivity contribution in [1.82, 2.24) is 4.31 Å². The second-order valence-electron chi connectivity index (χ2n) is 14.0. The first-order valence-corrected chi connectivity index (χ1v) is 19.3. The Bertz CT molecular complexity index is 1680. The van der Waals surface area contributed by atoms with Crippen LogP contribution in [0.5, 0.6) is 0 Å². The zero-order valence-corrected chi connectivity index (χ0v) is 29.1. The van der Waals surface area contributed by atoms with Crippen molar-refractivity contribution in [2.75, 3.05) is 19.7 Å². The van der Waals surface area contributed by atoms with Crippen LogP contribution in [-0.4, -0.2) is 66.2 Å². The van der Waals surface area contributed by atoms with Crippen molar-refractivity contribution >= 4 is 27.1 Å². The molecule has 2 bridgehead atoms. The summed E-state index contributed by atoms with van der Waals surface area (Å²) in [5, 5.41) is 25.5. The molecule has 5 atom stereocenters. The normalized spacial score (nSPS) is 28.6. The van der Waals surface area contributed by atoms with Crippen molar-refractivity contribution in [2.24, 2.45) is 5.41 Å². The number of thiophene rings is 1. The fourth-order valence-corrected chi connectivity index (χ4v) is 10.7. The highest BCUT2D eigenvalue weighted by Crippen LogP contribution is 2.59. The second kappa shape index (κ2) is 14.1. The number of fused-ring (bicyclic) bond motifs is 8. The molecule has 1 saturated carbocycles. The molecule has 7 rings (SSSR count). The molecule has 7 nitrogen and oxygen atoms in total. The van der Waals surface area contributed by atoms with Gasteiger partial charge in [-0.25, -0.2) is 8.42 Å². The number of benzene rings is 2. The summed E-state index contributed by atoms with van der Waals surface area (Å²) in [6.45, 7) is 4.93. The molecule has 3 aliphatic carbocycles. The van der Waals surface area contributed by atoms with Crippen LogP contribution in [0.2, 0.25) is 0 Å². The second-order valence-corrected chi connectivity index (χ2v) is 17.1. The minimum atomic E-state index is -3.88. The predicted molar refractivity (Wildman–Crippen MR) is 185 cm³/mol. The number of carbonyl (C=O) groups excluding carboxylic acids is 1. The Hall–Kier alpha value is -2.66. The smallest absolute Gasteiger partial charge is 0.252 e. The summed E-state index contributed by atoms with van der Waals surface area (Å²) in [5.74, 6) is -0.280. The summed E-state index contributed by atoms with van der Waals surface area (Å²) in [6, 6.07) is 18.6. The Labute approximate surface area is 283 Å². The number of aliphatic hydroxyl groups is 2. The summed E-state index contributed by atoms with van der Waals surface area (Å²) >= 11 is 1.19. The molecule has 47 heavy (non-hydrogen) atoms. The van der Waals surface area contributed by atoms with E-state index >= 15 is 0 Å². The van der Waals surface area contributed by atoms with Gasteiger partial charge in [0, 0.05) is 36.2 Å². The van der Waals surface area contributed by atoms with E-state index < -0.39 is 27.1 Å². The molecule has 1 aliphatic heterocycles. The molecular weight excluding hydrogens is 631 g/mol. The zero-order chi connectivity index (χ0) is 33.2. The minimum Gasteiger partial charge on any atom is -0.393 e. The first kappa shape index (κ1) is 34.2. The van der Waals surface area contributed by atoms with E-state index in [0.29, 0.717) is 56.3 Å². The van der Waals surface area contributed by atoms with Crippen LogP contribution in [0.3, 0.4) is 0 Å². The standard InChI is InChI=1S/C38H47NO6S2/c1-27-9-6-19-37(2)34(32-17-15-28(23-30(40)16-14-27)24-33(32)36(41)29-10-4-3-5-11-29)18-20-38(37,42)26-39(25-31-12-7-21-45-31)47(43,44)35-13-8-22-46-35/h3-5,8-11,13,15,17,22,24,30-31,34,40,42H,6-7,12,14,16,18-21,23,25-26H2,1-2H3/t30-,31+,34-,37-,38+/m0/s1. The van der Waals surface area contributed by atoms with Gasteiger partial charge in [-0.3, -0.25) is 4.79 Å². The molecule has 4 aliphatic rings. The third kappa shape index (κ3) is 7.07. The van der Waals surface area contributed by atoms with Crippen LogP contribution in [0, 0.1) is 5.41 Å². The summed E-state index contributed by atoms with van der Waals surface area (Å²) in [7, 11) is -3.88. The fourth-order valence-electron chi connectivity index (χ4n) is 8.03. The first-order chi connectivity index (χ1) is 22.5. The third-order valence-electron chi connectivity index (χ3n) is 10.9. The summed E-state index contributed by atoms with van der Waals surface area (Å²) in [5.41, 5.74) is 2.04. The van der Waals surface area contributed by atoms with Gasteiger partial charge in [-0.1, -0.05) is 67.1 Å². The molecule has 9 heteroatoms. The van der Waals surface area contributed by atoms with Crippen LogP contribution >= 0.6 is 11.3 Å². The van der Waals surface area contributed by atoms with Crippen molar-refractivity contribution in [1.29, 1.82) is 0 Å². The summed E-state index contributed by atoms with van der Waals surface area (Å²) in [6.07, 6.45) is 7.28.